The highest BCUT2D eigenvalue weighted by Crippen LogP contribution is 2.36. The van der Waals surface area contributed by atoms with Crippen molar-refractivity contribution in [2.45, 2.75) is 17.0 Å². The summed E-state index contributed by atoms with van der Waals surface area (Å²) in [5, 5.41) is 3.66. The number of aliphatic imine (C=N–C) groups is 1. The average Bonchev–Trinajstić information content (AvgIpc) is 3.13. The molecule has 1 heterocycles. The Morgan fingerprint density at radius 3 is 1.92 bits per heavy atom. The van der Waals surface area contributed by atoms with E-state index in [1.165, 1.54) is 16.0 Å². The fourth-order valence-electron chi connectivity index (χ4n) is 3.13. The molecule has 0 spiro atoms. The van der Waals surface area contributed by atoms with Gasteiger partial charge in [0, 0.05) is 4.90 Å². The Hall–Kier alpha value is -2.52. The number of nitrogens with one attached hydrogen (secondary N) is 1. The third kappa shape index (κ3) is 3.77. The highest BCUT2D eigenvalue weighted by molar-refractivity contribution is 8.00. The standard InChI is InChI=1S/C22H20N2S/c1-4-10-17(11-5-1)21-22(18-12-6-2-7-13-18)24-20(23-21)16-25-19-14-8-3-9-15-19/h1-15,21-22H,16H2,(H,23,24). The van der Waals surface area contributed by atoms with Gasteiger partial charge in [0.2, 0.25) is 0 Å². The third-order valence-corrected chi connectivity index (χ3v) is 5.37. The van der Waals surface area contributed by atoms with Crippen LogP contribution in [0, 0.1) is 0 Å². The SMILES string of the molecule is c1ccc(SCC2=NC(c3ccccc3)C(c3ccccc3)N2)cc1. The van der Waals surface area contributed by atoms with Gasteiger partial charge in [-0.15, -0.1) is 11.8 Å². The lowest BCUT2D eigenvalue weighted by molar-refractivity contribution is 0.572. The van der Waals surface area contributed by atoms with Gasteiger partial charge in [-0.25, -0.2) is 0 Å². The van der Waals surface area contributed by atoms with E-state index in [0.29, 0.717) is 0 Å². The predicted molar refractivity (Wildman–Crippen MR) is 106 cm³/mol. The molecule has 0 saturated carbocycles. The Morgan fingerprint density at radius 2 is 1.28 bits per heavy atom. The molecule has 2 unspecified atom stereocenters. The first-order valence-corrected chi connectivity index (χ1v) is 9.50. The summed E-state index contributed by atoms with van der Waals surface area (Å²) in [4.78, 5) is 6.29. The fraction of sp³-hybridized carbons (Fsp3) is 0.136. The van der Waals surface area contributed by atoms with E-state index in [-0.39, 0.29) is 12.1 Å². The lowest BCUT2D eigenvalue weighted by Gasteiger charge is -2.19. The molecule has 3 heteroatoms. The van der Waals surface area contributed by atoms with Gasteiger partial charge < -0.3 is 5.32 Å². The van der Waals surface area contributed by atoms with E-state index in [0.717, 1.165) is 11.6 Å². The minimum atomic E-state index is 0.120. The molecular weight excluding hydrogens is 324 g/mol. The van der Waals surface area contributed by atoms with Crippen molar-refractivity contribution in [1.29, 1.82) is 0 Å². The molecule has 0 aliphatic carbocycles. The van der Waals surface area contributed by atoms with Crippen LogP contribution in [0.25, 0.3) is 0 Å². The Bertz CT molecular complexity index is 832. The summed E-state index contributed by atoms with van der Waals surface area (Å²) in [6.45, 7) is 0. The van der Waals surface area contributed by atoms with Crippen molar-refractivity contribution in [3.8, 4) is 0 Å². The fourth-order valence-corrected chi connectivity index (χ4v) is 3.94. The van der Waals surface area contributed by atoms with Crippen LogP contribution in [-0.4, -0.2) is 11.6 Å². The van der Waals surface area contributed by atoms with Crippen molar-refractivity contribution < 1.29 is 0 Å². The quantitative estimate of drug-likeness (QED) is 0.638. The van der Waals surface area contributed by atoms with E-state index in [1.807, 2.05) is 17.8 Å². The predicted octanol–water partition coefficient (Wildman–Crippen LogP) is 5.26. The maximum absolute atomic E-state index is 5.02. The molecule has 25 heavy (non-hydrogen) atoms. The third-order valence-electron chi connectivity index (χ3n) is 4.35. The van der Waals surface area contributed by atoms with Crippen LogP contribution in [0.5, 0.6) is 0 Å². The Kier molecular flexibility index (Phi) is 4.84. The van der Waals surface area contributed by atoms with Crippen molar-refractivity contribution in [3.05, 3.63) is 102 Å². The summed E-state index contributed by atoms with van der Waals surface area (Å²) in [5.74, 6) is 1.92. The van der Waals surface area contributed by atoms with E-state index in [4.69, 9.17) is 4.99 Å². The summed E-state index contributed by atoms with van der Waals surface area (Å²) >= 11 is 1.82. The van der Waals surface area contributed by atoms with Crippen LogP contribution in [0.4, 0.5) is 0 Å². The molecule has 2 nitrogen and oxygen atoms in total. The van der Waals surface area contributed by atoms with E-state index < -0.39 is 0 Å². The molecule has 4 rings (SSSR count). The van der Waals surface area contributed by atoms with Gasteiger partial charge in [-0.1, -0.05) is 78.9 Å². The molecule has 0 fully saturated rings. The van der Waals surface area contributed by atoms with E-state index in [2.05, 4.69) is 90.2 Å². The highest BCUT2D eigenvalue weighted by atomic mass is 32.2. The van der Waals surface area contributed by atoms with Crippen LogP contribution in [0.3, 0.4) is 0 Å². The van der Waals surface area contributed by atoms with E-state index in [1.54, 1.807) is 0 Å². The molecule has 0 bridgehead atoms. The molecule has 0 aromatic heterocycles. The second-order valence-corrected chi connectivity index (χ2v) is 7.11. The molecule has 0 radical (unpaired) electrons. The van der Waals surface area contributed by atoms with Gasteiger partial charge in [0.1, 0.15) is 11.9 Å². The smallest absolute Gasteiger partial charge is 0.108 e. The lowest BCUT2D eigenvalue weighted by atomic mass is 9.95. The molecule has 0 saturated heterocycles. The molecule has 1 N–H and O–H groups in total. The highest BCUT2D eigenvalue weighted by Gasteiger charge is 2.30. The van der Waals surface area contributed by atoms with Crippen molar-refractivity contribution in [1.82, 2.24) is 5.32 Å². The molecule has 3 aromatic rings. The van der Waals surface area contributed by atoms with Crippen molar-refractivity contribution in [2.75, 3.05) is 5.75 Å². The van der Waals surface area contributed by atoms with E-state index in [9.17, 15) is 0 Å². The molecular formula is C22H20N2S. The van der Waals surface area contributed by atoms with Gasteiger partial charge in [0.15, 0.2) is 0 Å². The number of benzene rings is 3. The largest absolute Gasteiger partial charge is 0.364 e. The van der Waals surface area contributed by atoms with Crippen LogP contribution < -0.4 is 5.32 Å². The average molecular weight is 344 g/mol. The van der Waals surface area contributed by atoms with Gasteiger partial charge in [0.25, 0.3) is 0 Å². The van der Waals surface area contributed by atoms with Crippen LogP contribution >= 0.6 is 11.8 Å². The molecule has 1 aliphatic heterocycles. The number of nitrogens with zero attached hydrogens (tertiary/aromatic N) is 1. The minimum Gasteiger partial charge on any atom is -0.364 e. The van der Waals surface area contributed by atoms with E-state index >= 15 is 0 Å². The maximum atomic E-state index is 5.02. The monoisotopic (exact) mass is 344 g/mol. The van der Waals surface area contributed by atoms with Gasteiger partial charge >= 0.3 is 0 Å². The van der Waals surface area contributed by atoms with Gasteiger partial charge in [-0.2, -0.15) is 0 Å². The Labute approximate surface area is 153 Å². The first-order chi connectivity index (χ1) is 12.4. The minimum absolute atomic E-state index is 0.120. The molecule has 124 valence electrons. The molecule has 1 aliphatic rings. The lowest BCUT2D eigenvalue weighted by Crippen LogP contribution is -2.25. The van der Waals surface area contributed by atoms with Gasteiger partial charge in [0.05, 0.1) is 11.8 Å². The topological polar surface area (TPSA) is 24.4 Å². The van der Waals surface area contributed by atoms with Gasteiger partial charge in [-0.05, 0) is 23.3 Å². The number of amidine groups is 1. The zero-order chi connectivity index (χ0) is 16.9. The van der Waals surface area contributed by atoms with Gasteiger partial charge in [-0.3, -0.25) is 4.99 Å². The zero-order valence-electron chi connectivity index (χ0n) is 13.9. The normalized spacial score (nSPS) is 19.3. The molecule has 0 amide bonds. The van der Waals surface area contributed by atoms with Crippen LogP contribution in [0.1, 0.15) is 23.2 Å². The van der Waals surface area contributed by atoms with Crippen LogP contribution in [-0.2, 0) is 0 Å². The Balaban J connectivity index is 1.57. The second kappa shape index (κ2) is 7.58. The van der Waals surface area contributed by atoms with Crippen molar-refractivity contribution in [3.63, 3.8) is 0 Å². The maximum Gasteiger partial charge on any atom is 0.108 e. The first kappa shape index (κ1) is 16.0. The van der Waals surface area contributed by atoms with Crippen molar-refractivity contribution in [2.24, 2.45) is 4.99 Å². The number of hydrogen-bond acceptors (Lipinski definition) is 3. The zero-order valence-corrected chi connectivity index (χ0v) is 14.7. The van der Waals surface area contributed by atoms with Crippen LogP contribution in [0.15, 0.2) is 101 Å². The molecule has 2 atom stereocenters. The summed E-state index contributed by atoms with van der Waals surface area (Å²) in [7, 11) is 0. The first-order valence-electron chi connectivity index (χ1n) is 8.51. The molecule has 3 aromatic carbocycles. The summed E-state index contributed by atoms with van der Waals surface area (Å²) in [5.41, 5.74) is 2.53. The summed E-state index contributed by atoms with van der Waals surface area (Å²) < 4.78 is 0. The van der Waals surface area contributed by atoms with Crippen LogP contribution in [0.2, 0.25) is 0 Å². The summed E-state index contributed by atoms with van der Waals surface area (Å²) in [6, 6.07) is 32.0. The summed E-state index contributed by atoms with van der Waals surface area (Å²) in [6.07, 6.45) is 0. The number of thioether (sulfide) groups is 1. The van der Waals surface area contributed by atoms with Crippen molar-refractivity contribution >= 4 is 17.6 Å². The Morgan fingerprint density at radius 1 is 0.720 bits per heavy atom. The number of rotatable bonds is 5. The number of hydrogen-bond donors (Lipinski definition) is 1. The second-order valence-electron chi connectivity index (χ2n) is 6.07.